The zero-order chi connectivity index (χ0) is 15.3. The maximum atomic E-state index is 12.9. The summed E-state index contributed by atoms with van der Waals surface area (Å²) in [7, 11) is 2.97. The number of nitrogens with zero attached hydrogens (tertiary/aromatic N) is 1. The normalized spacial score (nSPS) is 16.9. The van der Waals surface area contributed by atoms with Crippen LogP contribution in [0.15, 0.2) is 24.3 Å². The quantitative estimate of drug-likeness (QED) is 0.491. The van der Waals surface area contributed by atoms with Crippen molar-refractivity contribution in [3.63, 3.8) is 0 Å². The second-order valence-electron chi connectivity index (χ2n) is 4.77. The van der Waals surface area contributed by atoms with Gasteiger partial charge in [0, 0.05) is 38.6 Å². The Kier molecular flexibility index (Phi) is 5.78. The summed E-state index contributed by atoms with van der Waals surface area (Å²) < 4.78 is 16.3. The minimum Gasteiger partial charge on any atom is -0.379 e. The topological polar surface area (TPSA) is 48.0 Å². The number of ether oxygens (including phenoxy) is 3. The van der Waals surface area contributed by atoms with E-state index in [-0.39, 0.29) is 5.78 Å². The summed E-state index contributed by atoms with van der Waals surface area (Å²) in [6.45, 7) is 2.28. The summed E-state index contributed by atoms with van der Waals surface area (Å²) in [6.07, 6.45) is 0. The minimum absolute atomic E-state index is 0.208. The Labute approximate surface area is 130 Å². The van der Waals surface area contributed by atoms with E-state index in [9.17, 15) is 4.79 Å². The van der Waals surface area contributed by atoms with Crippen LogP contribution >= 0.6 is 12.6 Å². The van der Waals surface area contributed by atoms with Crippen molar-refractivity contribution in [1.82, 2.24) is 4.90 Å². The van der Waals surface area contributed by atoms with Gasteiger partial charge in [-0.15, -0.1) is 0 Å². The summed E-state index contributed by atoms with van der Waals surface area (Å²) in [6, 6.07) is 7.33. The van der Waals surface area contributed by atoms with Crippen LogP contribution < -0.4 is 0 Å². The fourth-order valence-electron chi connectivity index (χ4n) is 2.47. The molecule has 2 rings (SSSR count). The molecule has 1 aromatic rings. The highest BCUT2D eigenvalue weighted by atomic mass is 32.1. The summed E-state index contributed by atoms with van der Waals surface area (Å²) >= 11 is 4.22. The lowest BCUT2D eigenvalue weighted by Crippen LogP contribution is -2.60. The molecule has 1 aromatic carbocycles. The second kappa shape index (κ2) is 7.38. The van der Waals surface area contributed by atoms with E-state index >= 15 is 0 Å². The molecule has 1 heterocycles. The lowest BCUT2D eigenvalue weighted by atomic mass is 10.0. The smallest absolute Gasteiger partial charge is 0.297 e. The predicted molar refractivity (Wildman–Crippen MR) is 82.6 cm³/mol. The first-order chi connectivity index (χ1) is 10.2. The average molecular weight is 311 g/mol. The third kappa shape index (κ3) is 3.30. The van der Waals surface area contributed by atoms with Crippen LogP contribution in [0.1, 0.15) is 15.9 Å². The number of thiol groups is 1. The molecule has 0 aromatic heterocycles. The maximum absolute atomic E-state index is 12.9. The Bertz CT molecular complexity index is 467. The number of morpholine rings is 1. The molecule has 6 heteroatoms. The summed E-state index contributed by atoms with van der Waals surface area (Å²) in [5.74, 6) is -0.968. The minimum atomic E-state index is -1.40. The number of ketones is 1. The van der Waals surface area contributed by atoms with Crippen molar-refractivity contribution in [3.8, 4) is 0 Å². The molecule has 1 saturated heterocycles. The fraction of sp³-hybridized carbons (Fsp3) is 0.533. The van der Waals surface area contributed by atoms with E-state index in [0.717, 1.165) is 5.56 Å². The van der Waals surface area contributed by atoms with Crippen LogP contribution in [-0.2, 0) is 20.0 Å². The van der Waals surface area contributed by atoms with E-state index in [1.54, 1.807) is 12.1 Å². The summed E-state index contributed by atoms with van der Waals surface area (Å²) in [5.41, 5.74) is 1.61. The molecule has 0 bridgehead atoms. The Hall–Kier alpha value is -0.920. The van der Waals surface area contributed by atoms with Crippen molar-refractivity contribution in [2.45, 2.75) is 11.7 Å². The van der Waals surface area contributed by atoms with Gasteiger partial charge in [0.2, 0.25) is 5.78 Å². The number of methoxy groups -OCH3 is 2. The predicted octanol–water partition coefficient (Wildman–Crippen LogP) is 1.58. The fourth-order valence-corrected chi connectivity index (χ4v) is 2.68. The highest BCUT2D eigenvalue weighted by molar-refractivity contribution is 7.79. The molecule has 0 N–H and O–H groups in total. The molecule has 0 atom stereocenters. The molecule has 21 heavy (non-hydrogen) atoms. The third-order valence-corrected chi connectivity index (χ3v) is 4.03. The molecule has 116 valence electrons. The van der Waals surface area contributed by atoms with Crippen LogP contribution in [-0.4, -0.2) is 57.1 Å². The first-order valence-corrected chi connectivity index (χ1v) is 7.49. The third-order valence-electron chi connectivity index (χ3n) is 3.67. The molecule has 5 nitrogen and oxygen atoms in total. The Balaban J connectivity index is 2.28. The molecule has 1 fully saturated rings. The van der Waals surface area contributed by atoms with Crippen molar-refractivity contribution in [3.05, 3.63) is 35.4 Å². The van der Waals surface area contributed by atoms with E-state index in [2.05, 4.69) is 12.6 Å². The molecule has 0 radical (unpaired) electrons. The molecular weight excluding hydrogens is 290 g/mol. The zero-order valence-electron chi connectivity index (χ0n) is 12.4. The Morgan fingerprint density at radius 1 is 1.24 bits per heavy atom. The molecule has 0 unspecified atom stereocenters. The van der Waals surface area contributed by atoms with E-state index in [4.69, 9.17) is 14.2 Å². The number of carbonyl (C=O) groups is 1. The number of rotatable bonds is 6. The van der Waals surface area contributed by atoms with Gasteiger partial charge in [0.25, 0.3) is 5.91 Å². The van der Waals surface area contributed by atoms with Crippen molar-refractivity contribution in [2.75, 3.05) is 40.5 Å². The number of hydrogen-bond acceptors (Lipinski definition) is 6. The summed E-state index contributed by atoms with van der Waals surface area (Å²) in [4.78, 5) is 14.7. The van der Waals surface area contributed by atoms with Crippen LogP contribution in [0.3, 0.4) is 0 Å². The molecular formula is C15H21NO4S. The second-order valence-corrected chi connectivity index (χ2v) is 5.09. The molecule has 0 aliphatic carbocycles. The maximum Gasteiger partial charge on any atom is 0.297 e. The van der Waals surface area contributed by atoms with Crippen molar-refractivity contribution in [1.29, 1.82) is 0 Å². The Morgan fingerprint density at radius 3 is 2.29 bits per heavy atom. The van der Waals surface area contributed by atoms with E-state index < -0.39 is 5.91 Å². The van der Waals surface area contributed by atoms with Crippen molar-refractivity contribution < 1.29 is 19.0 Å². The van der Waals surface area contributed by atoms with Gasteiger partial charge in [-0.2, -0.15) is 12.6 Å². The lowest BCUT2D eigenvalue weighted by molar-refractivity contribution is -0.267. The molecule has 1 aliphatic heterocycles. The average Bonchev–Trinajstić information content (AvgIpc) is 2.57. The van der Waals surface area contributed by atoms with Gasteiger partial charge in [0.05, 0.1) is 13.2 Å². The molecule has 0 saturated carbocycles. The van der Waals surface area contributed by atoms with Crippen LogP contribution in [0.5, 0.6) is 0 Å². The standard InChI is InChI=1S/C15H21NO4S/c1-18-15(19-2,16-7-9-20-10-8-16)14(17)13-5-3-12(11-21)4-6-13/h3-6,21H,7-11H2,1-2H3. The zero-order valence-corrected chi connectivity index (χ0v) is 13.3. The van der Waals surface area contributed by atoms with Gasteiger partial charge in [-0.25, -0.2) is 4.90 Å². The van der Waals surface area contributed by atoms with E-state index in [1.165, 1.54) is 14.2 Å². The van der Waals surface area contributed by atoms with Gasteiger partial charge in [-0.1, -0.05) is 24.3 Å². The van der Waals surface area contributed by atoms with Gasteiger partial charge >= 0.3 is 0 Å². The molecule has 0 spiro atoms. The van der Waals surface area contributed by atoms with E-state index in [0.29, 0.717) is 37.6 Å². The van der Waals surface area contributed by atoms with Crippen LogP contribution in [0.2, 0.25) is 0 Å². The highest BCUT2D eigenvalue weighted by Crippen LogP contribution is 2.25. The van der Waals surface area contributed by atoms with Crippen LogP contribution in [0.4, 0.5) is 0 Å². The van der Waals surface area contributed by atoms with Crippen LogP contribution in [0.25, 0.3) is 0 Å². The van der Waals surface area contributed by atoms with Gasteiger partial charge in [-0.05, 0) is 5.56 Å². The number of hydrogen-bond donors (Lipinski definition) is 1. The van der Waals surface area contributed by atoms with Gasteiger partial charge in [0.15, 0.2) is 0 Å². The van der Waals surface area contributed by atoms with Gasteiger partial charge in [0.1, 0.15) is 0 Å². The first-order valence-electron chi connectivity index (χ1n) is 6.85. The number of benzene rings is 1. The molecule has 1 aliphatic rings. The largest absolute Gasteiger partial charge is 0.379 e. The van der Waals surface area contributed by atoms with Gasteiger partial charge in [-0.3, -0.25) is 4.79 Å². The van der Waals surface area contributed by atoms with Crippen LogP contribution in [0, 0.1) is 0 Å². The summed E-state index contributed by atoms with van der Waals surface area (Å²) in [5, 5.41) is 0. The monoisotopic (exact) mass is 311 g/mol. The molecule has 0 amide bonds. The van der Waals surface area contributed by atoms with Gasteiger partial charge < -0.3 is 14.2 Å². The first kappa shape index (κ1) is 16.5. The number of Topliss-reactive ketones (excluding diaryl/α,β-unsaturated/α-hetero) is 1. The highest BCUT2D eigenvalue weighted by Gasteiger charge is 2.46. The Morgan fingerprint density at radius 2 is 1.81 bits per heavy atom. The SMILES string of the molecule is COC(OC)(C(=O)c1ccc(CS)cc1)N1CCOCC1. The van der Waals surface area contributed by atoms with E-state index in [1.807, 2.05) is 17.0 Å². The van der Waals surface area contributed by atoms with Crippen molar-refractivity contribution in [2.24, 2.45) is 0 Å². The number of carbonyl (C=O) groups excluding carboxylic acids is 1. The lowest BCUT2D eigenvalue weighted by Gasteiger charge is -2.41. The van der Waals surface area contributed by atoms with Crippen molar-refractivity contribution >= 4 is 18.4 Å².